The van der Waals surface area contributed by atoms with E-state index < -0.39 is 0 Å². The van der Waals surface area contributed by atoms with Gasteiger partial charge in [-0.1, -0.05) is 0 Å². The van der Waals surface area contributed by atoms with E-state index in [1.165, 1.54) is 25.3 Å². The summed E-state index contributed by atoms with van der Waals surface area (Å²) in [7, 11) is 1.48. The molecule has 6 heteroatoms. The van der Waals surface area contributed by atoms with Crippen molar-refractivity contribution in [2.24, 2.45) is 0 Å². The molecule has 1 aromatic heterocycles. The van der Waals surface area contributed by atoms with Crippen molar-refractivity contribution in [3.63, 3.8) is 0 Å². The van der Waals surface area contributed by atoms with Gasteiger partial charge in [-0.3, -0.25) is 0 Å². The van der Waals surface area contributed by atoms with Gasteiger partial charge >= 0.3 is 0 Å². The maximum absolute atomic E-state index is 13.9. The van der Waals surface area contributed by atoms with Gasteiger partial charge in [-0.2, -0.15) is 11.8 Å². The number of hydrogen-bond acceptors (Lipinski definition) is 3. The predicted octanol–water partition coefficient (Wildman–Crippen LogP) is 4.55. The monoisotopic (exact) mass is 328 g/mol. The van der Waals surface area contributed by atoms with Crippen molar-refractivity contribution in [1.82, 2.24) is 9.55 Å². The van der Waals surface area contributed by atoms with E-state index in [1.807, 2.05) is 18.7 Å². The Bertz CT molecular complexity index is 653. The lowest BCUT2D eigenvalue weighted by Crippen LogP contribution is -2.18. The summed E-state index contributed by atoms with van der Waals surface area (Å²) in [5.74, 6) is 2.92. The number of fused-ring (bicyclic) bond motifs is 1. The Morgan fingerprint density at radius 3 is 2.95 bits per heavy atom. The molecule has 0 radical (unpaired) electrons. The molecule has 2 atom stereocenters. The first-order valence-corrected chi connectivity index (χ1v) is 8.68. The molecule has 2 unspecified atom stereocenters. The fraction of sp³-hybridized carbons (Fsp3) is 0.533. The molecule has 2 heterocycles. The normalized spacial score (nSPS) is 20.7. The molecule has 0 aliphatic carbocycles. The molecule has 0 saturated carbocycles. The van der Waals surface area contributed by atoms with Gasteiger partial charge in [-0.15, -0.1) is 11.6 Å². The Morgan fingerprint density at radius 2 is 2.33 bits per heavy atom. The molecule has 114 valence electrons. The summed E-state index contributed by atoms with van der Waals surface area (Å²) in [4.78, 5) is 4.55. The van der Waals surface area contributed by atoms with E-state index in [0.717, 1.165) is 23.5 Å². The maximum Gasteiger partial charge on any atom is 0.167 e. The first-order chi connectivity index (χ1) is 10.1. The van der Waals surface area contributed by atoms with E-state index in [0.29, 0.717) is 11.6 Å². The maximum atomic E-state index is 13.9. The van der Waals surface area contributed by atoms with Crippen LogP contribution in [-0.2, 0) is 0 Å². The molecule has 1 aliphatic heterocycles. The lowest BCUT2D eigenvalue weighted by atomic mass is 10.1. The van der Waals surface area contributed by atoms with Crippen molar-refractivity contribution in [2.75, 3.05) is 18.6 Å². The van der Waals surface area contributed by atoms with Crippen LogP contribution in [0.4, 0.5) is 4.39 Å². The van der Waals surface area contributed by atoms with Gasteiger partial charge in [0, 0.05) is 23.9 Å². The summed E-state index contributed by atoms with van der Waals surface area (Å²) >= 11 is 8.24. The SMILES string of the molecule is COc1cc2c(cc1F)nc(C(C)Cl)n2C1CCCSC1. The molecule has 21 heavy (non-hydrogen) atoms. The molecule has 1 aromatic carbocycles. The molecule has 0 bridgehead atoms. The van der Waals surface area contributed by atoms with Crippen molar-refractivity contribution in [2.45, 2.75) is 31.2 Å². The number of methoxy groups -OCH3 is 1. The summed E-state index contributed by atoms with van der Waals surface area (Å²) in [6, 6.07) is 3.53. The third kappa shape index (κ3) is 2.73. The van der Waals surface area contributed by atoms with Gasteiger partial charge in [0.2, 0.25) is 0 Å². The average Bonchev–Trinajstić information content (AvgIpc) is 2.85. The molecule has 1 saturated heterocycles. The van der Waals surface area contributed by atoms with Gasteiger partial charge in [0.25, 0.3) is 0 Å². The van der Waals surface area contributed by atoms with E-state index >= 15 is 0 Å². The van der Waals surface area contributed by atoms with E-state index in [4.69, 9.17) is 16.3 Å². The van der Waals surface area contributed by atoms with Crippen LogP contribution in [0.2, 0.25) is 0 Å². The lowest BCUT2D eigenvalue weighted by Gasteiger charge is -2.26. The minimum atomic E-state index is -0.388. The zero-order valence-corrected chi connectivity index (χ0v) is 13.7. The molecular weight excluding hydrogens is 311 g/mol. The van der Waals surface area contributed by atoms with E-state index in [9.17, 15) is 4.39 Å². The fourth-order valence-corrected chi connectivity index (χ4v) is 4.14. The van der Waals surface area contributed by atoms with Gasteiger partial charge < -0.3 is 9.30 Å². The lowest BCUT2D eigenvalue weighted by molar-refractivity contribution is 0.387. The molecule has 1 fully saturated rings. The van der Waals surface area contributed by atoms with Crippen molar-refractivity contribution in [1.29, 1.82) is 0 Å². The fourth-order valence-electron chi connectivity index (χ4n) is 2.86. The number of nitrogens with zero attached hydrogens (tertiary/aromatic N) is 2. The number of thioether (sulfide) groups is 1. The summed E-state index contributed by atoms with van der Waals surface area (Å²) in [6.07, 6.45) is 2.29. The molecule has 1 aliphatic rings. The van der Waals surface area contributed by atoms with Crippen molar-refractivity contribution < 1.29 is 9.13 Å². The Hall–Kier alpha value is -0.940. The predicted molar refractivity (Wildman–Crippen MR) is 86.1 cm³/mol. The Morgan fingerprint density at radius 1 is 1.52 bits per heavy atom. The highest BCUT2D eigenvalue weighted by Gasteiger charge is 2.24. The molecule has 2 aromatic rings. The van der Waals surface area contributed by atoms with Crippen molar-refractivity contribution in [3.05, 3.63) is 23.8 Å². The number of halogens is 2. The smallest absolute Gasteiger partial charge is 0.167 e. The van der Waals surface area contributed by atoms with Gasteiger partial charge in [0.15, 0.2) is 11.6 Å². The van der Waals surface area contributed by atoms with Crippen LogP contribution in [0.5, 0.6) is 5.75 Å². The molecule has 3 nitrogen and oxygen atoms in total. The van der Waals surface area contributed by atoms with Gasteiger partial charge in [0.05, 0.1) is 23.5 Å². The van der Waals surface area contributed by atoms with Gasteiger partial charge in [-0.25, -0.2) is 9.37 Å². The number of benzene rings is 1. The third-order valence-electron chi connectivity index (χ3n) is 3.85. The largest absolute Gasteiger partial charge is 0.494 e. The highest BCUT2D eigenvalue weighted by Crippen LogP contribution is 2.36. The summed E-state index contributed by atoms with van der Waals surface area (Å²) in [5, 5.41) is -0.210. The summed E-state index contributed by atoms with van der Waals surface area (Å²) in [5.41, 5.74) is 1.55. The average molecular weight is 329 g/mol. The topological polar surface area (TPSA) is 27.1 Å². The number of ether oxygens (including phenoxy) is 1. The first-order valence-electron chi connectivity index (χ1n) is 7.09. The minimum absolute atomic E-state index is 0.210. The molecule has 0 amide bonds. The second kappa shape index (κ2) is 6.05. The van der Waals surface area contributed by atoms with Crippen LogP contribution in [0.25, 0.3) is 11.0 Å². The Labute approximate surface area is 132 Å². The number of hydrogen-bond donors (Lipinski definition) is 0. The van der Waals surface area contributed by atoms with Gasteiger partial charge in [-0.05, 0) is 25.5 Å². The number of imidazole rings is 1. The van der Waals surface area contributed by atoms with Crippen LogP contribution in [0.15, 0.2) is 12.1 Å². The van der Waals surface area contributed by atoms with Crippen LogP contribution in [0.3, 0.4) is 0 Å². The quantitative estimate of drug-likeness (QED) is 0.773. The number of aromatic nitrogens is 2. The summed E-state index contributed by atoms with van der Waals surface area (Å²) < 4.78 is 21.2. The first kappa shape index (κ1) is 15.0. The molecular formula is C15H18ClFN2OS. The standard InChI is InChI=1S/C15H18ClFN2OS/c1-9(16)15-18-12-6-11(17)14(20-2)7-13(12)19(15)10-4-3-5-21-8-10/h6-7,9-10H,3-5,8H2,1-2H3. The van der Waals surface area contributed by atoms with Crippen molar-refractivity contribution in [3.8, 4) is 5.75 Å². The Balaban J connectivity index is 2.19. The highest BCUT2D eigenvalue weighted by molar-refractivity contribution is 7.99. The van der Waals surface area contributed by atoms with Crippen LogP contribution in [-0.4, -0.2) is 28.2 Å². The van der Waals surface area contributed by atoms with Crippen LogP contribution >= 0.6 is 23.4 Å². The van der Waals surface area contributed by atoms with Crippen LogP contribution < -0.4 is 4.74 Å². The van der Waals surface area contributed by atoms with E-state index in [-0.39, 0.29) is 16.9 Å². The summed E-state index contributed by atoms with van der Waals surface area (Å²) in [6.45, 7) is 1.91. The third-order valence-corrected chi connectivity index (χ3v) is 5.24. The highest BCUT2D eigenvalue weighted by atomic mass is 35.5. The number of alkyl halides is 1. The van der Waals surface area contributed by atoms with Crippen LogP contribution in [0, 0.1) is 5.82 Å². The number of rotatable bonds is 3. The molecule has 0 N–H and O–H groups in total. The van der Waals surface area contributed by atoms with Crippen LogP contribution in [0.1, 0.15) is 37.0 Å². The van der Waals surface area contributed by atoms with Gasteiger partial charge in [0.1, 0.15) is 5.82 Å². The van der Waals surface area contributed by atoms with E-state index in [2.05, 4.69) is 9.55 Å². The van der Waals surface area contributed by atoms with E-state index in [1.54, 1.807) is 6.07 Å². The molecule has 3 rings (SSSR count). The van der Waals surface area contributed by atoms with Crippen molar-refractivity contribution >= 4 is 34.4 Å². The molecule has 0 spiro atoms. The zero-order chi connectivity index (χ0) is 15.0. The Kier molecular flexibility index (Phi) is 4.31. The second-order valence-corrected chi connectivity index (χ2v) is 7.11. The second-order valence-electron chi connectivity index (χ2n) is 5.30. The minimum Gasteiger partial charge on any atom is -0.494 e. The zero-order valence-electron chi connectivity index (χ0n) is 12.1.